The number of benzene rings is 3. The van der Waals surface area contributed by atoms with Gasteiger partial charge >= 0.3 is 0 Å². The minimum Gasteiger partial charge on any atom is -0.298 e. The lowest BCUT2D eigenvalue weighted by Crippen LogP contribution is -2.55. The van der Waals surface area contributed by atoms with E-state index < -0.39 is 29.3 Å². The second-order valence-corrected chi connectivity index (χ2v) is 9.79. The standard InChI is InChI=1S/C29H22ClN3O3/c1-2-15-32-23-14-7-6-13-21(23)29(28(32)36)25-24(22(31-29)16-18-9-4-3-5-10-18)26(34)33(27(25)35)20-12-8-11-19(30)17-20/h1,3-14,17,22,24-25,31H,15-16H2/t22-,24+,25-,29+/m1/s1. The molecule has 3 aromatic carbocycles. The van der Waals surface area contributed by atoms with Gasteiger partial charge in [-0.25, -0.2) is 4.90 Å². The summed E-state index contributed by atoms with van der Waals surface area (Å²) in [7, 11) is 0. The highest BCUT2D eigenvalue weighted by Gasteiger charge is 2.71. The zero-order valence-corrected chi connectivity index (χ0v) is 20.0. The number of rotatable bonds is 4. The smallest absolute Gasteiger partial charge is 0.253 e. The molecule has 1 N–H and O–H groups in total. The van der Waals surface area contributed by atoms with Crippen molar-refractivity contribution in [1.82, 2.24) is 5.32 Å². The van der Waals surface area contributed by atoms with Crippen LogP contribution in [0.1, 0.15) is 11.1 Å². The second-order valence-electron chi connectivity index (χ2n) is 9.36. The first-order valence-corrected chi connectivity index (χ1v) is 12.1. The van der Waals surface area contributed by atoms with Crippen molar-refractivity contribution in [1.29, 1.82) is 0 Å². The van der Waals surface area contributed by atoms with Gasteiger partial charge in [0.15, 0.2) is 0 Å². The Balaban J connectivity index is 1.52. The Kier molecular flexibility index (Phi) is 5.22. The van der Waals surface area contributed by atoms with Gasteiger partial charge < -0.3 is 0 Å². The highest BCUT2D eigenvalue weighted by molar-refractivity contribution is 6.31. The number of para-hydroxylation sites is 1. The number of nitrogens with zero attached hydrogens (tertiary/aromatic N) is 2. The monoisotopic (exact) mass is 495 g/mol. The minimum absolute atomic E-state index is 0.0696. The molecule has 0 aromatic heterocycles. The first-order chi connectivity index (χ1) is 17.5. The number of terminal acetylenes is 1. The van der Waals surface area contributed by atoms with Crippen LogP contribution >= 0.6 is 11.6 Å². The van der Waals surface area contributed by atoms with E-state index >= 15 is 0 Å². The lowest BCUT2D eigenvalue weighted by atomic mass is 9.76. The maximum atomic E-state index is 14.1. The predicted molar refractivity (Wildman–Crippen MR) is 137 cm³/mol. The van der Waals surface area contributed by atoms with E-state index in [0.717, 1.165) is 5.56 Å². The molecule has 7 heteroatoms. The zero-order chi connectivity index (χ0) is 25.0. The topological polar surface area (TPSA) is 69.7 Å². The number of hydrogen-bond donors (Lipinski definition) is 1. The SMILES string of the molecule is C#CCN1C(=O)[C@]2(N[C@H](Cc3ccccc3)[C@@H]3C(=O)N(c4cccc(Cl)c4)C(=O)[C@@H]32)c2ccccc21. The summed E-state index contributed by atoms with van der Waals surface area (Å²) in [6, 6.07) is 23.3. The van der Waals surface area contributed by atoms with Crippen LogP contribution in [0.3, 0.4) is 0 Å². The van der Waals surface area contributed by atoms with E-state index in [1.54, 1.807) is 24.3 Å². The van der Waals surface area contributed by atoms with Crippen LogP contribution in [-0.4, -0.2) is 30.3 Å². The molecule has 6 rings (SSSR count). The van der Waals surface area contributed by atoms with Gasteiger partial charge in [-0.1, -0.05) is 72.1 Å². The summed E-state index contributed by atoms with van der Waals surface area (Å²) >= 11 is 6.20. The first kappa shape index (κ1) is 22.5. The largest absolute Gasteiger partial charge is 0.298 e. The molecule has 36 heavy (non-hydrogen) atoms. The lowest BCUT2D eigenvalue weighted by molar-refractivity contribution is -0.132. The number of anilines is 2. The number of nitrogens with one attached hydrogen (secondary N) is 1. The number of halogens is 1. The van der Waals surface area contributed by atoms with E-state index in [0.29, 0.717) is 28.4 Å². The summed E-state index contributed by atoms with van der Waals surface area (Å²) in [6.45, 7) is 0.0696. The molecule has 0 radical (unpaired) electrons. The van der Waals surface area contributed by atoms with Gasteiger partial charge in [0.2, 0.25) is 11.8 Å². The van der Waals surface area contributed by atoms with Crippen LogP contribution in [0.4, 0.5) is 11.4 Å². The fourth-order valence-electron chi connectivity index (χ4n) is 6.11. The molecular formula is C29H22ClN3O3. The summed E-state index contributed by atoms with van der Waals surface area (Å²) in [5.74, 6) is -0.154. The van der Waals surface area contributed by atoms with Gasteiger partial charge in [-0.3, -0.25) is 24.6 Å². The maximum absolute atomic E-state index is 14.1. The predicted octanol–water partition coefficient (Wildman–Crippen LogP) is 3.54. The maximum Gasteiger partial charge on any atom is 0.253 e. The summed E-state index contributed by atoms with van der Waals surface area (Å²) in [5, 5.41) is 3.92. The summed E-state index contributed by atoms with van der Waals surface area (Å²) in [4.78, 5) is 44.9. The fourth-order valence-corrected chi connectivity index (χ4v) is 6.29. The number of carbonyl (C=O) groups is 3. The van der Waals surface area contributed by atoms with Gasteiger partial charge in [0.1, 0.15) is 5.54 Å². The Morgan fingerprint density at radius 2 is 1.69 bits per heavy atom. The normalized spacial score (nSPS) is 26.4. The molecule has 4 atom stereocenters. The molecule has 0 unspecified atom stereocenters. The number of amides is 3. The molecule has 6 nitrogen and oxygen atoms in total. The molecule has 0 bridgehead atoms. The van der Waals surface area contributed by atoms with Gasteiger partial charge in [-0.05, 0) is 36.2 Å². The van der Waals surface area contributed by atoms with Gasteiger partial charge in [0.25, 0.3) is 5.91 Å². The van der Waals surface area contributed by atoms with Gasteiger partial charge in [0, 0.05) is 16.6 Å². The Morgan fingerprint density at radius 3 is 2.44 bits per heavy atom. The average Bonchev–Trinajstić information content (AvgIpc) is 3.44. The van der Waals surface area contributed by atoms with Crippen LogP contribution in [0.2, 0.25) is 5.02 Å². The summed E-state index contributed by atoms with van der Waals surface area (Å²) in [5.41, 5.74) is 1.35. The first-order valence-electron chi connectivity index (χ1n) is 11.8. The van der Waals surface area contributed by atoms with Crippen molar-refractivity contribution in [3.8, 4) is 12.3 Å². The molecule has 178 valence electrons. The molecule has 3 aromatic rings. The van der Waals surface area contributed by atoms with Crippen LogP contribution in [0.25, 0.3) is 0 Å². The molecule has 1 spiro atoms. The van der Waals surface area contributed by atoms with E-state index in [9.17, 15) is 14.4 Å². The van der Waals surface area contributed by atoms with Crippen molar-refractivity contribution < 1.29 is 14.4 Å². The average molecular weight is 496 g/mol. The van der Waals surface area contributed by atoms with Crippen molar-refractivity contribution in [2.75, 3.05) is 16.3 Å². The quantitative estimate of drug-likeness (QED) is 0.444. The van der Waals surface area contributed by atoms with Gasteiger partial charge in [-0.2, -0.15) is 0 Å². The van der Waals surface area contributed by atoms with Crippen molar-refractivity contribution in [2.24, 2.45) is 11.8 Å². The highest BCUT2D eigenvalue weighted by Crippen LogP contribution is 2.55. The third-order valence-corrected chi connectivity index (χ3v) is 7.72. The van der Waals surface area contributed by atoms with E-state index in [1.807, 2.05) is 54.6 Å². The van der Waals surface area contributed by atoms with Crippen LogP contribution in [-0.2, 0) is 26.3 Å². The molecule has 3 aliphatic heterocycles. The Morgan fingerprint density at radius 1 is 0.944 bits per heavy atom. The zero-order valence-electron chi connectivity index (χ0n) is 19.2. The summed E-state index contributed by atoms with van der Waals surface area (Å²) < 4.78 is 0. The van der Waals surface area contributed by atoms with E-state index in [1.165, 1.54) is 9.80 Å². The Bertz CT molecular complexity index is 1450. The van der Waals surface area contributed by atoms with E-state index in [-0.39, 0.29) is 18.4 Å². The minimum atomic E-state index is -1.39. The fraction of sp³-hybridized carbons (Fsp3) is 0.207. The van der Waals surface area contributed by atoms with Crippen LogP contribution in [0.5, 0.6) is 0 Å². The second kappa shape index (κ2) is 8.34. The molecule has 2 fully saturated rings. The van der Waals surface area contributed by atoms with E-state index in [4.69, 9.17) is 18.0 Å². The van der Waals surface area contributed by atoms with Gasteiger partial charge in [-0.15, -0.1) is 6.42 Å². The molecule has 0 saturated carbocycles. The van der Waals surface area contributed by atoms with Crippen LogP contribution < -0.4 is 15.1 Å². The number of carbonyl (C=O) groups excluding carboxylic acids is 3. The molecule has 3 heterocycles. The number of fused-ring (bicyclic) bond motifs is 4. The summed E-state index contributed by atoms with van der Waals surface area (Å²) in [6.07, 6.45) is 6.09. The van der Waals surface area contributed by atoms with Crippen molar-refractivity contribution >= 4 is 40.7 Å². The third-order valence-electron chi connectivity index (χ3n) is 7.48. The molecular weight excluding hydrogens is 474 g/mol. The number of hydrogen-bond acceptors (Lipinski definition) is 4. The van der Waals surface area contributed by atoms with Crippen molar-refractivity contribution in [2.45, 2.75) is 18.0 Å². The Hall–Kier alpha value is -3.92. The van der Waals surface area contributed by atoms with Crippen molar-refractivity contribution in [3.63, 3.8) is 0 Å². The Labute approximate surface area is 213 Å². The van der Waals surface area contributed by atoms with Crippen molar-refractivity contribution in [3.05, 3.63) is 95.0 Å². The molecule has 3 aliphatic rings. The number of imide groups is 1. The third kappa shape index (κ3) is 3.07. The lowest BCUT2D eigenvalue weighted by Gasteiger charge is -2.30. The van der Waals surface area contributed by atoms with Crippen LogP contribution in [0, 0.1) is 24.2 Å². The highest BCUT2D eigenvalue weighted by atomic mass is 35.5. The molecule has 0 aliphatic carbocycles. The van der Waals surface area contributed by atoms with Gasteiger partial charge in [0.05, 0.1) is 29.8 Å². The molecule has 3 amide bonds. The van der Waals surface area contributed by atoms with E-state index in [2.05, 4.69) is 11.2 Å². The van der Waals surface area contributed by atoms with Crippen LogP contribution in [0.15, 0.2) is 78.9 Å². The molecule has 2 saturated heterocycles.